The Morgan fingerprint density at radius 3 is 1.52 bits per heavy atom. The maximum Gasteiger partial charge on any atom is 0.0676 e. The molecule has 0 rings (SSSR count). The van der Waals surface area contributed by atoms with E-state index in [1.54, 1.807) is 0 Å². The Bertz CT molecular complexity index is 246. The van der Waals surface area contributed by atoms with E-state index in [0.717, 1.165) is 104 Å². The van der Waals surface area contributed by atoms with Gasteiger partial charge in [-0.1, -0.05) is 0 Å². The van der Waals surface area contributed by atoms with Crippen LogP contribution in [-0.2, 0) is 0 Å². The van der Waals surface area contributed by atoms with Crippen LogP contribution >= 0.6 is 0 Å². The highest BCUT2D eigenvalue weighted by molar-refractivity contribution is 4.62. The van der Waals surface area contributed by atoms with Gasteiger partial charge in [0.25, 0.3) is 0 Å². The molecule has 7 nitrogen and oxygen atoms in total. The van der Waals surface area contributed by atoms with Crippen molar-refractivity contribution in [2.24, 2.45) is 11.5 Å². The highest BCUT2D eigenvalue weighted by atomic mass is 16.3. The van der Waals surface area contributed by atoms with Crippen LogP contribution in [0, 0.1) is 0 Å². The largest absolute Gasteiger partial charge is 0.392 e. The number of nitrogens with one attached hydrogen (secondary N) is 4. The molecule has 0 fully saturated rings. The Balaban J connectivity index is 3.12. The maximum atomic E-state index is 9.92. The van der Waals surface area contributed by atoms with Crippen molar-refractivity contribution in [3.8, 4) is 0 Å². The molecule has 0 saturated carbocycles. The van der Waals surface area contributed by atoms with Crippen molar-refractivity contribution in [3.63, 3.8) is 0 Å². The summed E-state index contributed by atoms with van der Waals surface area (Å²) in [4.78, 5) is 0. The summed E-state index contributed by atoms with van der Waals surface area (Å²) < 4.78 is 0. The Morgan fingerprint density at radius 2 is 1.00 bits per heavy atom. The molecule has 0 aromatic heterocycles. The number of hydrogen-bond acceptors (Lipinski definition) is 7. The van der Waals surface area contributed by atoms with Gasteiger partial charge in [0, 0.05) is 6.54 Å². The van der Waals surface area contributed by atoms with E-state index in [4.69, 9.17) is 11.5 Å². The molecule has 0 spiro atoms. The molecule has 0 aliphatic carbocycles. The van der Waals surface area contributed by atoms with E-state index in [2.05, 4.69) is 21.3 Å². The lowest BCUT2D eigenvalue weighted by atomic mass is 10.2. The first kappa shape index (κ1) is 24.7. The molecule has 7 heteroatoms. The quantitative estimate of drug-likeness (QED) is 0.136. The van der Waals surface area contributed by atoms with Crippen LogP contribution in [0.1, 0.15) is 44.9 Å². The fraction of sp³-hybridized carbons (Fsp3) is 1.00. The molecule has 9 N–H and O–H groups in total. The van der Waals surface area contributed by atoms with Crippen molar-refractivity contribution in [2.45, 2.75) is 51.0 Å². The molecule has 0 saturated heterocycles. The third kappa shape index (κ3) is 21.7. The molecule has 1 unspecified atom stereocenters. The minimum atomic E-state index is -0.264. The van der Waals surface area contributed by atoms with Gasteiger partial charge < -0.3 is 37.8 Å². The zero-order valence-corrected chi connectivity index (χ0v) is 16.2. The number of aliphatic hydroxyl groups is 1. The fourth-order valence-electron chi connectivity index (χ4n) is 2.48. The molecule has 152 valence electrons. The van der Waals surface area contributed by atoms with Crippen LogP contribution in [0.4, 0.5) is 0 Å². The van der Waals surface area contributed by atoms with Gasteiger partial charge in [0.15, 0.2) is 0 Å². The van der Waals surface area contributed by atoms with Crippen LogP contribution in [0.5, 0.6) is 0 Å². The summed E-state index contributed by atoms with van der Waals surface area (Å²) in [6.45, 7) is 9.24. The van der Waals surface area contributed by atoms with Crippen molar-refractivity contribution in [1.29, 1.82) is 0 Å². The fourth-order valence-corrected chi connectivity index (χ4v) is 2.48. The van der Waals surface area contributed by atoms with Crippen LogP contribution < -0.4 is 32.7 Å². The summed E-state index contributed by atoms with van der Waals surface area (Å²) in [5, 5.41) is 23.4. The molecule has 0 bridgehead atoms. The zero-order valence-electron chi connectivity index (χ0n) is 16.2. The summed E-state index contributed by atoms with van der Waals surface area (Å²) in [5.41, 5.74) is 10.9. The van der Waals surface area contributed by atoms with Crippen LogP contribution in [0.15, 0.2) is 0 Å². The molecule has 0 heterocycles. The molecule has 0 radical (unpaired) electrons. The third-order valence-electron chi connectivity index (χ3n) is 4.06. The second kappa shape index (κ2) is 21.8. The number of unbranched alkanes of at least 4 members (excludes halogenated alkanes) is 2. The van der Waals surface area contributed by atoms with Crippen molar-refractivity contribution in [1.82, 2.24) is 21.3 Å². The van der Waals surface area contributed by atoms with Crippen LogP contribution in [0.3, 0.4) is 0 Å². The monoisotopic (exact) mass is 360 g/mol. The molecule has 25 heavy (non-hydrogen) atoms. The summed E-state index contributed by atoms with van der Waals surface area (Å²) in [6.07, 6.45) is 7.25. The SMILES string of the molecule is NCCCCNCCCNCCC(O)CNCCCNCCCCN. The summed E-state index contributed by atoms with van der Waals surface area (Å²) in [7, 11) is 0. The molecular formula is C18H44N6O. The van der Waals surface area contributed by atoms with Gasteiger partial charge in [0.2, 0.25) is 0 Å². The Hall–Kier alpha value is -0.280. The second-order valence-electron chi connectivity index (χ2n) is 6.60. The first-order valence-corrected chi connectivity index (χ1v) is 10.2. The number of hydrogen-bond donors (Lipinski definition) is 7. The summed E-state index contributed by atoms with van der Waals surface area (Å²) in [5.74, 6) is 0. The van der Waals surface area contributed by atoms with Gasteiger partial charge in [0.1, 0.15) is 0 Å². The maximum absolute atomic E-state index is 9.92. The van der Waals surface area contributed by atoms with E-state index in [9.17, 15) is 5.11 Å². The van der Waals surface area contributed by atoms with E-state index < -0.39 is 0 Å². The van der Waals surface area contributed by atoms with Crippen LogP contribution in [0.25, 0.3) is 0 Å². The van der Waals surface area contributed by atoms with Crippen molar-refractivity contribution < 1.29 is 5.11 Å². The van der Waals surface area contributed by atoms with Crippen molar-refractivity contribution in [2.75, 3.05) is 65.4 Å². The van der Waals surface area contributed by atoms with Gasteiger partial charge in [-0.25, -0.2) is 0 Å². The first-order chi connectivity index (χ1) is 12.3. The van der Waals surface area contributed by atoms with Gasteiger partial charge in [-0.15, -0.1) is 0 Å². The van der Waals surface area contributed by atoms with E-state index in [1.165, 1.54) is 0 Å². The number of rotatable bonds is 21. The van der Waals surface area contributed by atoms with E-state index in [1.807, 2.05) is 0 Å². The minimum absolute atomic E-state index is 0.264. The van der Waals surface area contributed by atoms with Gasteiger partial charge in [-0.05, 0) is 104 Å². The van der Waals surface area contributed by atoms with Crippen LogP contribution in [0.2, 0.25) is 0 Å². The summed E-state index contributed by atoms with van der Waals surface area (Å²) in [6, 6.07) is 0. The van der Waals surface area contributed by atoms with E-state index in [0.29, 0.717) is 6.54 Å². The average molecular weight is 361 g/mol. The van der Waals surface area contributed by atoms with Crippen LogP contribution in [-0.4, -0.2) is 76.7 Å². The van der Waals surface area contributed by atoms with Gasteiger partial charge in [-0.3, -0.25) is 0 Å². The lowest BCUT2D eigenvalue weighted by molar-refractivity contribution is 0.161. The standard InChI is InChI=1S/C18H44N6O/c19-8-1-3-10-21-12-5-14-23-16-7-18(25)17-24-15-6-13-22-11-4-2-9-20/h18,21-25H,1-17,19-20H2. The molecule has 0 aliphatic heterocycles. The Kier molecular flexibility index (Phi) is 21.5. The zero-order chi connectivity index (χ0) is 18.4. The van der Waals surface area contributed by atoms with Gasteiger partial charge >= 0.3 is 0 Å². The lowest BCUT2D eigenvalue weighted by Gasteiger charge is -2.13. The smallest absolute Gasteiger partial charge is 0.0676 e. The van der Waals surface area contributed by atoms with Gasteiger partial charge in [0.05, 0.1) is 6.10 Å². The number of nitrogens with two attached hydrogens (primary N) is 2. The van der Waals surface area contributed by atoms with E-state index >= 15 is 0 Å². The van der Waals surface area contributed by atoms with Gasteiger partial charge in [-0.2, -0.15) is 0 Å². The van der Waals surface area contributed by atoms with Crippen molar-refractivity contribution in [3.05, 3.63) is 0 Å². The molecule has 0 amide bonds. The topological polar surface area (TPSA) is 120 Å². The molecule has 0 aromatic rings. The molecular weight excluding hydrogens is 316 g/mol. The predicted molar refractivity (Wildman–Crippen MR) is 108 cm³/mol. The normalized spacial score (nSPS) is 12.6. The second-order valence-corrected chi connectivity index (χ2v) is 6.60. The number of aliphatic hydroxyl groups excluding tert-OH is 1. The Labute approximate surface area is 155 Å². The Morgan fingerprint density at radius 1 is 0.560 bits per heavy atom. The predicted octanol–water partition coefficient (Wildman–Crippen LogP) is -0.646. The average Bonchev–Trinajstić information content (AvgIpc) is 2.62. The van der Waals surface area contributed by atoms with Crippen molar-refractivity contribution >= 4 is 0 Å². The molecule has 0 aromatic carbocycles. The molecule has 0 aliphatic rings. The first-order valence-electron chi connectivity index (χ1n) is 10.2. The lowest BCUT2D eigenvalue weighted by Crippen LogP contribution is -2.32. The molecule has 1 atom stereocenters. The van der Waals surface area contributed by atoms with E-state index in [-0.39, 0.29) is 6.10 Å². The minimum Gasteiger partial charge on any atom is -0.392 e. The third-order valence-corrected chi connectivity index (χ3v) is 4.06. The highest BCUT2D eigenvalue weighted by Gasteiger charge is 2.02. The highest BCUT2D eigenvalue weighted by Crippen LogP contribution is 1.89. The summed E-state index contributed by atoms with van der Waals surface area (Å²) >= 11 is 0.